The molecule has 0 amide bonds. The first-order chi connectivity index (χ1) is 24.2. The van der Waals surface area contributed by atoms with E-state index < -0.39 is 31.5 Å². The second-order valence-electron chi connectivity index (χ2n) is 9.30. The van der Waals surface area contributed by atoms with Gasteiger partial charge in [-0.25, -0.2) is 19.2 Å². The number of esters is 3. The molecule has 0 spiro atoms. The van der Waals surface area contributed by atoms with Gasteiger partial charge in [0, 0.05) is 31.9 Å². The number of carbonyl (C=O) groups excluding carboxylic acids is 4. The molecule has 16 heteroatoms. The number of rotatable bonds is 12. The molecule has 0 fully saturated rings. The normalized spacial score (nSPS) is 10.2. The number of hydrogen-bond donors (Lipinski definition) is 3. The van der Waals surface area contributed by atoms with Crippen LogP contribution in [0, 0.1) is 0 Å². The minimum absolute atomic E-state index is 0.0288. The number of ether oxygens (including phenoxy) is 3. The van der Waals surface area contributed by atoms with Gasteiger partial charge in [0.1, 0.15) is 12.4 Å². The van der Waals surface area contributed by atoms with Crippen molar-refractivity contribution < 1.29 is 71.9 Å². The van der Waals surface area contributed by atoms with Crippen LogP contribution < -0.4 is 0 Å². The molecule has 51 heavy (non-hydrogen) atoms. The molecule has 3 N–H and O–H groups in total. The fourth-order valence-corrected chi connectivity index (χ4v) is 3.92. The van der Waals surface area contributed by atoms with Gasteiger partial charge in [-0.3, -0.25) is 14.2 Å². The summed E-state index contributed by atoms with van der Waals surface area (Å²) in [5.41, 5.74) is 3.37. The van der Waals surface area contributed by atoms with E-state index in [1.54, 1.807) is 36.4 Å². The molecule has 0 atom stereocenters. The van der Waals surface area contributed by atoms with Crippen molar-refractivity contribution in [2.24, 2.45) is 0 Å². The summed E-state index contributed by atoms with van der Waals surface area (Å²) >= 11 is 0. The third-order valence-electron chi connectivity index (χ3n) is 5.95. The first-order valence-electron chi connectivity index (χ1n) is 14.3. The summed E-state index contributed by atoms with van der Waals surface area (Å²) in [6, 6.07) is 19.2. The van der Waals surface area contributed by atoms with Crippen LogP contribution >= 0.6 is 7.60 Å². The van der Waals surface area contributed by atoms with Crippen LogP contribution in [-0.4, -0.2) is 93.2 Å². The summed E-state index contributed by atoms with van der Waals surface area (Å²) in [7, 11) is 3.04. The number of aromatic carboxylic acids is 2. The number of hydrogen-bond acceptors (Lipinski definition) is 13. The zero-order chi connectivity index (χ0) is 38.8. The zero-order valence-corrected chi connectivity index (χ0v) is 29.3. The van der Waals surface area contributed by atoms with Crippen molar-refractivity contribution in [2.45, 2.75) is 6.61 Å². The van der Waals surface area contributed by atoms with E-state index in [9.17, 15) is 33.3 Å². The largest absolute Gasteiger partial charge is 0.478 e. The summed E-state index contributed by atoms with van der Waals surface area (Å²) in [4.78, 5) is 63.1. The predicted octanol–water partition coefficient (Wildman–Crippen LogP) is 4.78. The van der Waals surface area contributed by atoms with Gasteiger partial charge in [-0.05, 0) is 53.1 Å². The van der Waals surface area contributed by atoms with Crippen molar-refractivity contribution in [3.63, 3.8) is 0 Å². The Kier molecular flexibility index (Phi) is 22.4. The van der Waals surface area contributed by atoms with E-state index in [0.29, 0.717) is 11.8 Å². The molecule has 0 bridgehead atoms. The van der Waals surface area contributed by atoms with Crippen molar-refractivity contribution in [3.8, 4) is 0 Å². The maximum absolute atomic E-state index is 11.2. The van der Waals surface area contributed by atoms with Crippen molar-refractivity contribution >= 4 is 55.9 Å². The van der Waals surface area contributed by atoms with E-state index in [1.807, 2.05) is 12.1 Å². The lowest BCUT2D eigenvalue weighted by atomic mass is 10.1. The molecule has 0 radical (unpaired) electrons. The molecule has 0 aliphatic rings. The Hall–Kier alpha value is -5.73. The number of aliphatic hydroxyl groups is 1. The van der Waals surface area contributed by atoms with Gasteiger partial charge in [-0.15, -0.1) is 0 Å². The molecular formula is C35H39O15P. The number of methoxy groups -OCH3 is 3. The second kappa shape index (κ2) is 25.3. The summed E-state index contributed by atoms with van der Waals surface area (Å²) < 4.78 is 33.3. The lowest BCUT2D eigenvalue weighted by Gasteiger charge is -2.10. The monoisotopic (exact) mass is 730 g/mol. The summed E-state index contributed by atoms with van der Waals surface area (Å²) in [5, 5.41) is 25.9. The molecular weight excluding hydrogens is 691 g/mol. The third-order valence-corrected chi connectivity index (χ3v) is 7.70. The predicted molar refractivity (Wildman–Crippen MR) is 185 cm³/mol. The molecule has 3 rings (SSSR count). The van der Waals surface area contributed by atoms with Crippen molar-refractivity contribution in [1.82, 2.24) is 0 Å². The highest BCUT2D eigenvalue weighted by Gasteiger charge is 2.25. The minimum atomic E-state index is -3.23. The Morgan fingerprint density at radius 3 is 1.27 bits per heavy atom. The highest BCUT2D eigenvalue weighted by molar-refractivity contribution is 7.54. The first kappa shape index (κ1) is 45.3. The molecule has 3 aromatic rings. The topological polar surface area (TPSA) is 226 Å². The van der Waals surface area contributed by atoms with E-state index in [2.05, 4.69) is 23.3 Å². The fourth-order valence-electron chi connectivity index (χ4n) is 3.07. The van der Waals surface area contributed by atoms with E-state index in [4.69, 9.17) is 15.3 Å². The van der Waals surface area contributed by atoms with Crippen LogP contribution in [0.4, 0.5) is 0 Å². The molecule has 0 saturated carbocycles. The van der Waals surface area contributed by atoms with Crippen molar-refractivity contribution in [2.75, 3.05) is 41.7 Å². The standard InChI is InChI=1S/C11H10O4.C11H12O3.C8H6O3.C5H11O5P/c1-15-10(12)7-4-8-2-5-9(6-3-8)11(13)14;1-14-11(13)7-6-9-2-4-10(8-12)5-3-9;9-5-6-1-3-7(4-2-6)8(10)11;1-8-5(6)4-11(7,9-2)10-3/h2-7H,1H3,(H,13,14);2-7,12H,8H2,1H3;1-5H,(H,10,11);4H2,1-3H3/b7-4+;7-6+;;. The molecule has 0 aliphatic carbocycles. The molecule has 3 aromatic carbocycles. The number of benzene rings is 3. The highest BCUT2D eigenvalue weighted by Crippen LogP contribution is 2.45. The Labute approximate surface area is 294 Å². The maximum atomic E-state index is 11.2. The molecule has 0 aromatic heterocycles. The Morgan fingerprint density at radius 2 is 0.980 bits per heavy atom. The SMILES string of the molecule is COC(=O)/C=C/c1ccc(C(=O)O)cc1.COC(=O)/C=C/c1ccc(CO)cc1.COC(=O)CP(=O)(OC)OC.O=Cc1ccc(C(=O)O)cc1. The molecule has 274 valence electrons. The molecule has 0 unspecified atom stereocenters. The molecule has 15 nitrogen and oxygen atoms in total. The second-order valence-corrected chi connectivity index (χ2v) is 11.6. The smallest absolute Gasteiger partial charge is 0.341 e. The van der Waals surface area contributed by atoms with E-state index in [0.717, 1.165) is 16.7 Å². The van der Waals surface area contributed by atoms with Gasteiger partial charge in [0.2, 0.25) is 0 Å². The molecule has 0 heterocycles. The van der Waals surface area contributed by atoms with Crippen LogP contribution in [0.15, 0.2) is 84.9 Å². The van der Waals surface area contributed by atoms with Crippen molar-refractivity contribution in [1.29, 1.82) is 0 Å². The number of aliphatic hydroxyl groups excluding tert-OH is 1. The Balaban J connectivity index is 0.000000660. The van der Waals surface area contributed by atoms with Gasteiger partial charge in [0.15, 0.2) is 0 Å². The minimum Gasteiger partial charge on any atom is -0.478 e. The van der Waals surface area contributed by atoms with Crippen LogP contribution in [0.5, 0.6) is 0 Å². The van der Waals surface area contributed by atoms with Crippen LogP contribution in [0.2, 0.25) is 0 Å². The van der Waals surface area contributed by atoms with Gasteiger partial charge in [-0.2, -0.15) is 0 Å². The van der Waals surface area contributed by atoms with Crippen molar-refractivity contribution in [3.05, 3.63) is 118 Å². The van der Waals surface area contributed by atoms with E-state index >= 15 is 0 Å². The van der Waals surface area contributed by atoms with Gasteiger partial charge in [0.25, 0.3) is 0 Å². The number of carbonyl (C=O) groups is 6. The quantitative estimate of drug-likeness (QED) is 0.0749. The number of carboxylic acid groups (broad SMARTS) is 2. The molecule has 0 saturated heterocycles. The average Bonchev–Trinajstić information content (AvgIpc) is 3.16. The van der Waals surface area contributed by atoms with Crippen LogP contribution in [0.3, 0.4) is 0 Å². The summed E-state index contributed by atoms with van der Waals surface area (Å²) in [6.45, 7) is 0.0288. The van der Waals surface area contributed by atoms with E-state index in [1.165, 1.54) is 84.1 Å². The lowest BCUT2D eigenvalue weighted by Crippen LogP contribution is -2.08. The maximum Gasteiger partial charge on any atom is 0.341 e. The average molecular weight is 731 g/mol. The van der Waals surface area contributed by atoms with Crippen LogP contribution in [0.25, 0.3) is 12.2 Å². The number of aldehydes is 1. The lowest BCUT2D eigenvalue weighted by molar-refractivity contribution is -0.138. The fraction of sp³-hybridized carbons (Fsp3) is 0.200. The van der Waals surface area contributed by atoms with Gasteiger partial charge in [-0.1, -0.05) is 48.5 Å². The van der Waals surface area contributed by atoms with Gasteiger partial charge < -0.3 is 38.6 Å². The highest BCUT2D eigenvalue weighted by atomic mass is 31.2. The van der Waals surface area contributed by atoms with Crippen LogP contribution in [0.1, 0.15) is 47.8 Å². The third kappa shape index (κ3) is 19.8. The number of carboxylic acids is 2. The van der Waals surface area contributed by atoms with E-state index in [-0.39, 0.29) is 29.9 Å². The van der Waals surface area contributed by atoms with Gasteiger partial charge >= 0.3 is 37.4 Å². The Morgan fingerprint density at radius 1 is 0.608 bits per heavy atom. The molecule has 0 aliphatic heterocycles. The summed E-state index contributed by atoms with van der Waals surface area (Å²) in [5.74, 6) is -3.40. The Bertz CT molecular complexity index is 1650. The van der Waals surface area contributed by atoms with Crippen LogP contribution in [-0.2, 0) is 48.8 Å². The first-order valence-corrected chi connectivity index (χ1v) is 16.0. The zero-order valence-electron chi connectivity index (χ0n) is 28.4. The summed E-state index contributed by atoms with van der Waals surface area (Å²) in [6.07, 6.45) is 6.16. The van der Waals surface area contributed by atoms with Gasteiger partial charge in [0.05, 0.1) is 39.1 Å².